The van der Waals surface area contributed by atoms with Crippen molar-refractivity contribution in [1.82, 2.24) is 0 Å². The highest BCUT2D eigenvalue weighted by Crippen LogP contribution is 2.64. The van der Waals surface area contributed by atoms with E-state index in [0.29, 0.717) is 48.5 Å². The van der Waals surface area contributed by atoms with Gasteiger partial charge in [0.2, 0.25) is 0 Å². The summed E-state index contributed by atoms with van der Waals surface area (Å²) in [6.07, 6.45) is 11.3. The number of ether oxygens (including phenoxy) is 2. The van der Waals surface area contributed by atoms with Gasteiger partial charge in [-0.05, 0) is 86.9 Å². The fourth-order valence-corrected chi connectivity index (χ4v) is 8.83. The molecule has 0 saturated heterocycles. The normalized spacial score (nSPS) is 45.4. The minimum Gasteiger partial charge on any atom is -0.461 e. The maximum atomic E-state index is 12.0. The van der Waals surface area contributed by atoms with Crippen LogP contribution in [0.25, 0.3) is 0 Å². The Kier molecular flexibility index (Phi) is 8.04. The van der Waals surface area contributed by atoms with E-state index in [-0.39, 0.29) is 28.4 Å². The molecule has 0 aromatic heterocycles. The second-order valence-corrected chi connectivity index (χ2v) is 12.3. The van der Waals surface area contributed by atoms with E-state index in [9.17, 15) is 14.7 Å². The third kappa shape index (κ3) is 4.70. The Bertz CT molecular complexity index is 671. The molecule has 0 amide bonds. The van der Waals surface area contributed by atoms with Crippen molar-refractivity contribution >= 4 is 28.2 Å². The van der Waals surface area contributed by atoms with Crippen molar-refractivity contribution < 1.29 is 24.2 Å². The third-order valence-corrected chi connectivity index (χ3v) is 10.4. The molecule has 0 aromatic rings. The van der Waals surface area contributed by atoms with Crippen LogP contribution in [0.2, 0.25) is 0 Å². The zero-order valence-electron chi connectivity index (χ0n) is 19.7. The van der Waals surface area contributed by atoms with Crippen molar-refractivity contribution in [2.45, 2.75) is 108 Å². The number of rotatable bonds is 8. The van der Waals surface area contributed by atoms with Crippen molar-refractivity contribution in [1.29, 1.82) is 0 Å². The molecule has 0 heterocycles. The summed E-state index contributed by atoms with van der Waals surface area (Å²) >= 11 is 3.82. The quantitative estimate of drug-likeness (QED) is 0.213. The van der Waals surface area contributed by atoms with Crippen molar-refractivity contribution in [2.24, 2.45) is 35.0 Å². The fourth-order valence-electron chi connectivity index (χ4n) is 7.90. The average Bonchev–Trinajstić information content (AvgIpc) is 3.09. The molecular weight excluding hydrogens is 472 g/mol. The summed E-state index contributed by atoms with van der Waals surface area (Å²) < 4.78 is 12.0. The molecule has 0 aliphatic heterocycles. The van der Waals surface area contributed by atoms with Gasteiger partial charge in [0.15, 0.2) is 0 Å². The first kappa shape index (κ1) is 24.7. The maximum absolute atomic E-state index is 12.0. The van der Waals surface area contributed by atoms with E-state index in [4.69, 9.17) is 9.47 Å². The van der Waals surface area contributed by atoms with Crippen molar-refractivity contribution in [3.63, 3.8) is 0 Å². The van der Waals surface area contributed by atoms with E-state index in [0.717, 1.165) is 64.3 Å². The summed E-state index contributed by atoms with van der Waals surface area (Å²) in [5.41, 5.74) is 0.270. The standard InChI is InChI=1S/C26H41BrO5/c1-3-23(30)32-25-18-7-8-20-24(19(18)15-21(25)27)22(29)14-16-13-17(9-10-26(16,20)2)31-12-6-4-5-11-28/h11,16-22,24-25,29H,3-10,12-15H2,1-2H3/t16?,17-,18-,19?,20?,21+,22?,24?,25+,26-/m0/s1. The lowest BCUT2D eigenvalue weighted by molar-refractivity contribution is -0.170. The van der Waals surface area contributed by atoms with Crippen LogP contribution in [0, 0.1) is 35.0 Å². The lowest BCUT2D eigenvalue weighted by Gasteiger charge is -2.60. The van der Waals surface area contributed by atoms with Gasteiger partial charge in [-0.15, -0.1) is 0 Å². The highest BCUT2D eigenvalue weighted by atomic mass is 79.9. The van der Waals surface area contributed by atoms with Gasteiger partial charge in [0.05, 0.1) is 17.0 Å². The number of hydrogen-bond donors (Lipinski definition) is 1. The first-order valence-electron chi connectivity index (χ1n) is 13.0. The lowest BCUT2D eigenvalue weighted by atomic mass is 9.46. The van der Waals surface area contributed by atoms with Gasteiger partial charge in [-0.2, -0.15) is 0 Å². The highest BCUT2D eigenvalue weighted by molar-refractivity contribution is 9.09. The number of hydrogen-bond acceptors (Lipinski definition) is 5. The number of esters is 1. The minimum absolute atomic E-state index is 0.0468. The molecule has 10 atom stereocenters. The number of aldehydes is 1. The van der Waals surface area contributed by atoms with Gasteiger partial charge in [-0.3, -0.25) is 4.79 Å². The number of carbonyl (C=O) groups excluding carboxylic acids is 2. The Morgan fingerprint density at radius 3 is 2.72 bits per heavy atom. The van der Waals surface area contributed by atoms with Crippen LogP contribution in [-0.4, -0.2) is 47.1 Å². The highest BCUT2D eigenvalue weighted by Gasteiger charge is 2.61. The van der Waals surface area contributed by atoms with E-state index >= 15 is 0 Å². The van der Waals surface area contributed by atoms with E-state index in [1.165, 1.54) is 6.42 Å². The fraction of sp³-hybridized carbons (Fsp3) is 0.923. The van der Waals surface area contributed by atoms with Crippen LogP contribution in [0.5, 0.6) is 0 Å². The molecule has 4 aliphatic rings. The van der Waals surface area contributed by atoms with Gasteiger partial charge < -0.3 is 19.4 Å². The van der Waals surface area contributed by atoms with Gasteiger partial charge in [0.1, 0.15) is 12.4 Å². The largest absolute Gasteiger partial charge is 0.461 e. The number of fused-ring (bicyclic) bond motifs is 5. The SMILES string of the molecule is CCC(=O)O[C@H]1[C@H](Br)CC2C3C(O)CC4C[C@@H](OCCCCC=O)CC[C@]4(C)C3CC[C@@H]21. The number of halogens is 1. The molecule has 0 aromatic carbocycles. The van der Waals surface area contributed by atoms with Crippen LogP contribution in [0.1, 0.15) is 84.5 Å². The summed E-state index contributed by atoms with van der Waals surface area (Å²) in [6, 6.07) is 0. The number of unbranched alkanes of at least 4 members (excludes halogenated alkanes) is 2. The topological polar surface area (TPSA) is 72.8 Å². The summed E-state index contributed by atoms with van der Waals surface area (Å²) in [7, 11) is 0. The molecular formula is C26H41BrO5. The summed E-state index contributed by atoms with van der Waals surface area (Å²) in [6.45, 7) is 5.08. The molecule has 0 spiro atoms. The van der Waals surface area contributed by atoms with E-state index < -0.39 is 0 Å². The minimum atomic E-state index is -0.266. The molecule has 4 rings (SSSR count). The van der Waals surface area contributed by atoms with E-state index in [1.807, 2.05) is 6.92 Å². The summed E-state index contributed by atoms with van der Waals surface area (Å²) in [4.78, 5) is 22.7. The second-order valence-electron chi connectivity index (χ2n) is 11.1. The molecule has 5 unspecified atom stereocenters. The van der Waals surface area contributed by atoms with Gasteiger partial charge in [-0.25, -0.2) is 0 Å². The Labute approximate surface area is 201 Å². The van der Waals surface area contributed by atoms with Gasteiger partial charge in [0, 0.05) is 25.4 Å². The zero-order chi connectivity index (χ0) is 22.9. The van der Waals surface area contributed by atoms with Crippen LogP contribution in [-0.2, 0) is 19.1 Å². The molecule has 6 heteroatoms. The maximum Gasteiger partial charge on any atom is 0.305 e. The van der Waals surface area contributed by atoms with Crippen LogP contribution < -0.4 is 0 Å². The van der Waals surface area contributed by atoms with Gasteiger partial charge >= 0.3 is 5.97 Å². The number of alkyl halides is 1. The zero-order valence-corrected chi connectivity index (χ0v) is 21.3. The molecule has 182 valence electrons. The Hall–Kier alpha value is -0.460. The van der Waals surface area contributed by atoms with Crippen molar-refractivity contribution in [2.75, 3.05) is 6.61 Å². The predicted octanol–water partition coefficient (Wildman–Crippen LogP) is 5.06. The second kappa shape index (κ2) is 10.4. The molecule has 4 saturated carbocycles. The van der Waals surface area contributed by atoms with E-state index in [2.05, 4.69) is 22.9 Å². The molecule has 0 bridgehead atoms. The van der Waals surface area contributed by atoms with Crippen LogP contribution in [0.15, 0.2) is 0 Å². The number of aliphatic hydroxyl groups excluding tert-OH is 1. The van der Waals surface area contributed by atoms with Crippen LogP contribution >= 0.6 is 15.9 Å². The third-order valence-electron chi connectivity index (χ3n) is 9.52. The monoisotopic (exact) mass is 512 g/mol. The Morgan fingerprint density at radius 1 is 1.16 bits per heavy atom. The summed E-state index contributed by atoms with van der Waals surface area (Å²) in [5.74, 6) is 2.08. The first-order valence-corrected chi connectivity index (χ1v) is 13.9. The van der Waals surface area contributed by atoms with Crippen LogP contribution in [0.3, 0.4) is 0 Å². The number of aliphatic hydroxyl groups is 1. The van der Waals surface area contributed by atoms with Crippen LogP contribution in [0.4, 0.5) is 0 Å². The Balaban J connectivity index is 1.41. The lowest BCUT2D eigenvalue weighted by Crippen LogP contribution is -2.57. The molecule has 32 heavy (non-hydrogen) atoms. The smallest absolute Gasteiger partial charge is 0.305 e. The molecule has 4 fully saturated rings. The molecule has 4 aliphatic carbocycles. The van der Waals surface area contributed by atoms with Gasteiger partial charge in [-0.1, -0.05) is 29.8 Å². The Morgan fingerprint density at radius 2 is 1.97 bits per heavy atom. The van der Waals surface area contributed by atoms with Crippen molar-refractivity contribution in [3.8, 4) is 0 Å². The molecule has 5 nitrogen and oxygen atoms in total. The van der Waals surface area contributed by atoms with Gasteiger partial charge in [0.25, 0.3) is 0 Å². The van der Waals surface area contributed by atoms with E-state index in [1.54, 1.807) is 0 Å². The molecule has 0 radical (unpaired) electrons. The summed E-state index contributed by atoms with van der Waals surface area (Å²) in [5, 5.41) is 11.4. The predicted molar refractivity (Wildman–Crippen MR) is 126 cm³/mol. The first-order chi connectivity index (χ1) is 15.4. The average molecular weight is 514 g/mol. The number of carbonyl (C=O) groups is 2. The molecule has 1 N–H and O–H groups in total. The van der Waals surface area contributed by atoms with Crippen molar-refractivity contribution in [3.05, 3.63) is 0 Å².